The third-order valence-electron chi connectivity index (χ3n) is 2.14. The van der Waals surface area contributed by atoms with Crippen molar-refractivity contribution < 1.29 is 24.5 Å². The van der Waals surface area contributed by atoms with Gasteiger partial charge in [0.1, 0.15) is 0 Å². The Bertz CT molecular complexity index is 181. The van der Waals surface area contributed by atoms with E-state index in [2.05, 4.69) is 0 Å². The van der Waals surface area contributed by atoms with Gasteiger partial charge in [0.05, 0.1) is 13.0 Å². The Labute approximate surface area is 95.4 Å². The third-order valence-corrected chi connectivity index (χ3v) is 2.14. The number of carboxylic acid groups (broad SMARTS) is 2. The highest BCUT2D eigenvalue weighted by Gasteiger charge is 1.97. The quantitative estimate of drug-likeness (QED) is 0.531. The van der Waals surface area contributed by atoms with Crippen molar-refractivity contribution in [1.29, 1.82) is 0 Å². The smallest absolute Gasteiger partial charge is 0.305 e. The number of carbonyl (C=O) groups is 2. The van der Waals surface area contributed by atoms with Crippen LogP contribution in [0.1, 0.15) is 44.9 Å². The molecule has 0 aromatic rings. The van der Waals surface area contributed by atoms with E-state index >= 15 is 0 Å². The zero-order valence-electron chi connectivity index (χ0n) is 9.48. The molecule has 0 bridgehead atoms. The molecule has 0 rings (SSSR count). The average molecular weight is 232 g/mol. The first-order chi connectivity index (χ1) is 7.63. The number of hydrogen-bond donors (Lipinski definition) is 2. The number of aliphatic carboxylic acids is 2. The Kier molecular flexibility index (Phi) is 9.70. The summed E-state index contributed by atoms with van der Waals surface area (Å²) in [6, 6.07) is 0. The van der Waals surface area contributed by atoms with Crippen molar-refractivity contribution in [2.75, 3.05) is 13.2 Å². The molecule has 5 heteroatoms. The standard InChI is InChI=1S/C11H20O5/c12-10(13)6-4-2-1-3-5-8-16-9-7-11(14)15/h1-9H2,(H,12,13)(H,14,15). The topological polar surface area (TPSA) is 83.8 Å². The summed E-state index contributed by atoms with van der Waals surface area (Å²) in [6.07, 6.45) is 4.89. The highest BCUT2D eigenvalue weighted by Crippen LogP contribution is 2.05. The van der Waals surface area contributed by atoms with E-state index in [0.717, 1.165) is 32.1 Å². The van der Waals surface area contributed by atoms with Crippen molar-refractivity contribution in [3.63, 3.8) is 0 Å². The second kappa shape index (κ2) is 10.4. The number of ether oxygens (including phenoxy) is 1. The summed E-state index contributed by atoms with van der Waals surface area (Å²) in [7, 11) is 0. The fourth-order valence-corrected chi connectivity index (χ4v) is 1.27. The average Bonchev–Trinajstić information content (AvgIpc) is 2.20. The minimum atomic E-state index is -0.839. The fourth-order valence-electron chi connectivity index (χ4n) is 1.27. The summed E-state index contributed by atoms with van der Waals surface area (Å²) in [5.74, 6) is -1.58. The Hall–Kier alpha value is -1.10. The predicted molar refractivity (Wildman–Crippen MR) is 58.4 cm³/mol. The summed E-state index contributed by atoms with van der Waals surface area (Å²) in [5.41, 5.74) is 0. The van der Waals surface area contributed by atoms with Gasteiger partial charge in [0, 0.05) is 13.0 Å². The molecular weight excluding hydrogens is 212 g/mol. The summed E-state index contributed by atoms with van der Waals surface area (Å²) in [6.45, 7) is 0.862. The normalized spacial score (nSPS) is 10.2. The van der Waals surface area contributed by atoms with Gasteiger partial charge in [-0.1, -0.05) is 19.3 Å². The first-order valence-corrected chi connectivity index (χ1v) is 5.64. The van der Waals surface area contributed by atoms with Gasteiger partial charge in [-0.3, -0.25) is 9.59 Å². The highest BCUT2D eigenvalue weighted by molar-refractivity contribution is 5.66. The predicted octanol–water partition coefficient (Wildman–Crippen LogP) is 1.90. The first kappa shape index (κ1) is 14.9. The van der Waals surface area contributed by atoms with E-state index in [1.807, 2.05) is 0 Å². The van der Waals surface area contributed by atoms with Crippen molar-refractivity contribution in [2.45, 2.75) is 44.9 Å². The maximum Gasteiger partial charge on any atom is 0.305 e. The van der Waals surface area contributed by atoms with Crippen LogP contribution in [0.25, 0.3) is 0 Å². The molecule has 0 aliphatic carbocycles. The molecule has 0 saturated carbocycles. The van der Waals surface area contributed by atoms with E-state index in [9.17, 15) is 9.59 Å². The van der Waals surface area contributed by atoms with Crippen LogP contribution in [0, 0.1) is 0 Å². The van der Waals surface area contributed by atoms with E-state index in [0.29, 0.717) is 6.61 Å². The van der Waals surface area contributed by atoms with Crippen LogP contribution in [0.15, 0.2) is 0 Å². The Morgan fingerprint density at radius 1 is 0.750 bits per heavy atom. The molecule has 0 fully saturated rings. The van der Waals surface area contributed by atoms with Gasteiger partial charge in [-0.2, -0.15) is 0 Å². The third kappa shape index (κ3) is 12.9. The van der Waals surface area contributed by atoms with Crippen LogP contribution in [0.5, 0.6) is 0 Å². The Morgan fingerprint density at radius 3 is 1.94 bits per heavy atom. The zero-order chi connectivity index (χ0) is 12.2. The van der Waals surface area contributed by atoms with Crippen LogP contribution in [0.4, 0.5) is 0 Å². The molecule has 0 aliphatic heterocycles. The molecule has 0 saturated heterocycles. The molecule has 0 amide bonds. The highest BCUT2D eigenvalue weighted by atomic mass is 16.5. The molecule has 2 N–H and O–H groups in total. The van der Waals surface area contributed by atoms with E-state index < -0.39 is 11.9 Å². The molecule has 94 valence electrons. The molecule has 0 atom stereocenters. The van der Waals surface area contributed by atoms with Gasteiger partial charge in [-0.15, -0.1) is 0 Å². The SMILES string of the molecule is O=C(O)CCCCCCCOCCC(=O)O. The molecule has 0 aliphatic rings. The van der Waals surface area contributed by atoms with Crippen molar-refractivity contribution in [3.05, 3.63) is 0 Å². The van der Waals surface area contributed by atoms with Gasteiger partial charge in [0.2, 0.25) is 0 Å². The van der Waals surface area contributed by atoms with Crippen LogP contribution in [0.2, 0.25) is 0 Å². The van der Waals surface area contributed by atoms with Crippen LogP contribution in [-0.2, 0) is 14.3 Å². The fraction of sp³-hybridized carbons (Fsp3) is 0.818. The molecule has 16 heavy (non-hydrogen) atoms. The minimum Gasteiger partial charge on any atom is -0.481 e. The molecule has 0 heterocycles. The number of rotatable bonds is 11. The van der Waals surface area contributed by atoms with E-state index in [4.69, 9.17) is 14.9 Å². The van der Waals surface area contributed by atoms with Gasteiger partial charge in [-0.25, -0.2) is 0 Å². The molecule has 0 spiro atoms. The lowest BCUT2D eigenvalue weighted by molar-refractivity contribution is -0.138. The van der Waals surface area contributed by atoms with Gasteiger partial charge >= 0.3 is 11.9 Å². The largest absolute Gasteiger partial charge is 0.481 e. The van der Waals surface area contributed by atoms with Gasteiger partial charge < -0.3 is 14.9 Å². The lowest BCUT2D eigenvalue weighted by atomic mass is 10.1. The van der Waals surface area contributed by atoms with Crippen molar-refractivity contribution >= 4 is 11.9 Å². The number of hydrogen-bond acceptors (Lipinski definition) is 3. The van der Waals surface area contributed by atoms with E-state index in [1.54, 1.807) is 0 Å². The number of unbranched alkanes of at least 4 members (excludes halogenated alkanes) is 4. The second-order valence-electron chi connectivity index (χ2n) is 3.67. The Morgan fingerprint density at radius 2 is 1.31 bits per heavy atom. The van der Waals surface area contributed by atoms with Gasteiger partial charge in [0.15, 0.2) is 0 Å². The van der Waals surface area contributed by atoms with E-state index in [-0.39, 0.29) is 19.4 Å². The lowest BCUT2D eigenvalue weighted by Crippen LogP contribution is -2.03. The summed E-state index contributed by atoms with van der Waals surface area (Å²) < 4.78 is 5.11. The van der Waals surface area contributed by atoms with Crippen LogP contribution < -0.4 is 0 Å². The van der Waals surface area contributed by atoms with Crippen LogP contribution >= 0.6 is 0 Å². The zero-order valence-corrected chi connectivity index (χ0v) is 9.48. The van der Waals surface area contributed by atoms with Crippen molar-refractivity contribution in [2.24, 2.45) is 0 Å². The minimum absolute atomic E-state index is 0.0542. The van der Waals surface area contributed by atoms with Crippen LogP contribution in [0.3, 0.4) is 0 Å². The molecular formula is C11H20O5. The molecule has 5 nitrogen and oxygen atoms in total. The first-order valence-electron chi connectivity index (χ1n) is 5.64. The summed E-state index contributed by atoms with van der Waals surface area (Å²) in [5, 5.41) is 16.7. The summed E-state index contributed by atoms with van der Waals surface area (Å²) in [4.78, 5) is 20.3. The van der Waals surface area contributed by atoms with Crippen molar-refractivity contribution in [3.8, 4) is 0 Å². The maximum atomic E-state index is 10.2. The van der Waals surface area contributed by atoms with E-state index in [1.165, 1.54) is 0 Å². The summed E-state index contributed by atoms with van der Waals surface area (Å²) >= 11 is 0. The van der Waals surface area contributed by atoms with Crippen LogP contribution in [-0.4, -0.2) is 35.4 Å². The molecule has 0 radical (unpaired) electrons. The van der Waals surface area contributed by atoms with Crippen molar-refractivity contribution in [1.82, 2.24) is 0 Å². The molecule has 0 unspecified atom stereocenters. The molecule has 0 aromatic heterocycles. The Balaban J connectivity index is 2.98. The molecule has 0 aromatic carbocycles. The number of carboxylic acids is 2. The second-order valence-corrected chi connectivity index (χ2v) is 3.67. The monoisotopic (exact) mass is 232 g/mol. The van der Waals surface area contributed by atoms with Gasteiger partial charge in [-0.05, 0) is 12.8 Å². The lowest BCUT2D eigenvalue weighted by Gasteiger charge is -2.02. The van der Waals surface area contributed by atoms with Gasteiger partial charge in [0.25, 0.3) is 0 Å². The maximum absolute atomic E-state index is 10.2.